The first-order valence-corrected chi connectivity index (χ1v) is 14.9. The summed E-state index contributed by atoms with van der Waals surface area (Å²) in [4.78, 5) is 25.2. The monoisotopic (exact) mass is 628 g/mol. The maximum Gasteiger partial charge on any atom is 0.416 e. The Kier molecular flexibility index (Phi) is 9.06. The second-order valence-electron chi connectivity index (χ2n) is 12.5. The van der Waals surface area contributed by atoms with Gasteiger partial charge in [-0.05, 0) is 55.5 Å². The zero-order valence-electron chi connectivity index (χ0n) is 24.5. The maximum absolute atomic E-state index is 13.5. The molecule has 0 bridgehead atoms. The third-order valence-corrected chi connectivity index (χ3v) is 7.92. The molecule has 15 heteroatoms. The van der Waals surface area contributed by atoms with Crippen molar-refractivity contribution in [2.24, 2.45) is 5.92 Å². The van der Waals surface area contributed by atoms with E-state index >= 15 is 0 Å². The third-order valence-electron chi connectivity index (χ3n) is 7.92. The number of carbonyl (C=O) groups is 2. The van der Waals surface area contributed by atoms with Gasteiger partial charge in [0, 0.05) is 31.7 Å². The zero-order chi connectivity index (χ0) is 31.7. The highest BCUT2D eigenvalue weighted by molar-refractivity contribution is 5.93. The lowest BCUT2D eigenvalue weighted by Gasteiger charge is -2.34. The van der Waals surface area contributed by atoms with E-state index in [9.17, 15) is 31.5 Å². The highest BCUT2D eigenvalue weighted by Crippen LogP contribution is 2.44. The van der Waals surface area contributed by atoms with Gasteiger partial charge in [-0.2, -0.15) is 13.2 Å². The number of nitrogens with zero attached hydrogens (tertiary/aromatic N) is 2. The summed E-state index contributed by atoms with van der Waals surface area (Å²) in [6.45, 7) is 1.47. The molecule has 10 nitrogen and oxygen atoms in total. The Bertz CT molecular complexity index is 1330. The number of hydrogen-bond donors (Lipinski definition) is 4. The lowest BCUT2D eigenvalue weighted by molar-refractivity contribution is -0.264. The normalized spacial score (nSPS) is 21.0. The van der Waals surface area contributed by atoms with E-state index in [0.29, 0.717) is 22.6 Å². The molecule has 0 radical (unpaired) electrons. The van der Waals surface area contributed by atoms with E-state index < -0.39 is 42.4 Å². The predicted octanol–water partition coefficient (Wildman–Crippen LogP) is 5.49. The SMILES string of the molecule is C1CC1.CC(C)(OCC(NC(=O)c1nonc1C1CC1)C1Nc2ccc(CNC(=O)CC3CC(F)(F)C3)cc2N1)C(F)(F)F. The largest absolute Gasteiger partial charge is 0.416 e. The van der Waals surface area contributed by atoms with Crippen LogP contribution in [0.3, 0.4) is 0 Å². The maximum atomic E-state index is 13.5. The lowest BCUT2D eigenvalue weighted by atomic mass is 9.79. The second-order valence-corrected chi connectivity index (χ2v) is 12.5. The molecule has 242 valence electrons. The number of rotatable bonds is 11. The molecule has 0 saturated heterocycles. The van der Waals surface area contributed by atoms with Crippen LogP contribution >= 0.6 is 0 Å². The van der Waals surface area contributed by atoms with Gasteiger partial charge < -0.3 is 26.0 Å². The average molecular weight is 629 g/mol. The first-order valence-electron chi connectivity index (χ1n) is 14.9. The van der Waals surface area contributed by atoms with E-state index in [4.69, 9.17) is 9.37 Å². The number of nitrogens with one attached hydrogen (secondary N) is 4. The summed E-state index contributed by atoms with van der Waals surface area (Å²) in [7, 11) is 0. The van der Waals surface area contributed by atoms with E-state index in [-0.39, 0.29) is 49.2 Å². The Labute approximate surface area is 251 Å². The summed E-state index contributed by atoms with van der Waals surface area (Å²) in [6.07, 6.45) is 0.228. The van der Waals surface area contributed by atoms with Crippen molar-refractivity contribution >= 4 is 23.2 Å². The first kappa shape index (κ1) is 31.9. The Morgan fingerprint density at radius 2 is 1.77 bits per heavy atom. The van der Waals surface area contributed by atoms with Gasteiger partial charge in [0.15, 0.2) is 11.3 Å². The highest BCUT2D eigenvalue weighted by Gasteiger charge is 2.49. The fourth-order valence-electron chi connectivity index (χ4n) is 4.80. The molecule has 2 aromatic rings. The molecular formula is C29H37F5N6O4. The zero-order valence-corrected chi connectivity index (χ0v) is 24.5. The van der Waals surface area contributed by atoms with Gasteiger partial charge in [0.25, 0.3) is 5.91 Å². The summed E-state index contributed by atoms with van der Waals surface area (Å²) < 4.78 is 76.5. The predicted molar refractivity (Wildman–Crippen MR) is 149 cm³/mol. The minimum absolute atomic E-state index is 0.0215. The summed E-state index contributed by atoms with van der Waals surface area (Å²) in [5, 5.41) is 19.2. The number of hydrogen-bond acceptors (Lipinski definition) is 8. The average Bonchev–Trinajstić information content (AvgIpc) is 3.88. The van der Waals surface area contributed by atoms with Gasteiger partial charge in [0.2, 0.25) is 11.8 Å². The fraction of sp³-hybridized carbons (Fsp3) is 0.655. The number of anilines is 2. The number of benzene rings is 1. The molecule has 6 rings (SSSR count). The molecule has 3 fully saturated rings. The molecule has 1 aromatic carbocycles. The summed E-state index contributed by atoms with van der Waals surface area (Å²) in [5.41, 5.74) is -0.160. The summed E-state index contributed by atoms with van der Waals surface area (Å²) >= 11 is 0. The van der Waals surface area contributed by atoms with E-state index in [1.165, 1.54) is 19.3 Å². The number of amides is 2. The van der Waals surface area contributed by atoms with Crippen LogP contribution < -0.4 is 21.3 Å². The van der Waals surface area contributed by atoms with E-state index in [1.807, 2.05) is 0 Å². The first-order chi connectivity index (χ1) is 20.7. The number of fused-ring (bicyclic) bond motifs is 1. The molecule has 2 heterocycles. The van der Waals surface area contributed by atoms with Crippen LogP contribution in [0.25, 0.3) is 0 Å². The van der Waals surface area contributed by atoms with E-state index in [0.717, 1.165) is 26.7 Å². The van der Waals surface area contributed by atoms with Crippen LogP contribution in [0.15, 0.2) is 22.8 Å². The molecule has 0 spiro atoms. The van der Waals surface area contributed by atoms with Crippen LogP contribution in [0.2, 0.25) is 0 Å². The Morgan fingerprint density at radius 1 is 1.09 bits per heavy atom. The highest BCUT2D eigenvalue weighted by atomic mass is 19.4. The van der Waals surface area contributed by atoms with Crippen molar-refractivity contribution < 1.29 is 40.9 Å². The number of ether oxygens (including phenoxy) is 1. The Balaban J connectivity index is 0.00000121. The van der Waals surface area contributed by atoms with Gasteiger partial charge in [0.1, 0.15) is 11.9 Å². The second kappa shape index (κ2) is 12.5. The van der Waals surface area contributed by atoms with E-state index in [2.05, 4.69) is 31.6 Å². The molecule has 1 aliphatic heterocycles. The molecule has 1 aromatic heterocycles. The number of carbonyl (C=O) groups excluding carboxylic acids is 2. The van der Waals surface area contributed by atoms with Crippen molar-refractivity contribution in [2.75, 3.05) is 17.2 Å². The Morgan fingerprint density at radius 3 is 2.39 bits per heavy atom. The van der Waals surface area contributed by atoms with Crippen molar-refractivity contribution in [3.8, 4) is 0 Å². The standard InChI is InChI=1S/C26H31F5N6O4.C3H6/c1-24(2,26(29,30)31)40-12-18(35-23(39)21-20(15-4-5-15)36-41-37-21)22-33-16-6-3-13(7-17(16)34-22)11-32-19(38)8-14-9-25(27,28)10-14;1-2-3-1/h3,6-7,14-15,18,22,33-34H,4-5,8-12H2,1-2H3,(H,32,38)(H,35,39);1-3H2. The molecule has 3 aliphatic carbocycles. The smallest absolute Gasteiger partial charge is 0.364 e. The molecule has 2 amide bonds. The van der Waals surface area contributed by atoms with Crippen molar-refractivity contribution in [1.29, 1.82) is 0 Å². The van der Waals surface area contributed by atoms with Crippen molar-refractivity contribution in [2.45, 2.75) is 108 Å². The van der Waals surface area contributed by atoms with Crippen molar-refractivity contribution in [3.63, 3.8) is 0 Å². The molecule has 3 saturated carbocycles. The number of aromatic nitrogens is 2. The number of alkyl halides is 5. The molecular weight excluding hydrogens is 591 g/mol. The summed E-state index contributed by atoms with van der Waals surface area (Å²) in [5.74, 6) is -3.94. The van der Waals surface area contributed by atoms with Crippen LogP contribution in [0.1, 0.15) is 92.9 Å². The molecule has 2 unspecified atom stereocenters. The lowest BCUT2D eigenvalue weighted by Crippen LogP contribution is -2.54. The van der Waals surface area contributed by atoms with Crippen LogP contribution in [0.4, 0.5) is 33.3 Å². The molecule has 44 heavy (non-hydrogen) atoms. The minimum Gasteiger partial charge on any atom is -0.364 e. The molecule has 4 N–H and O–H groups in total. The van der Waals surface area contributed by atoms with Gasteiger partial charge in [-0.25, -0.2) is 13.4 Å². The van der Waals surface area contributed by atoms with Gasteiger partial charge >= 0.3 is 6.18 Å². The molecule has 2 atom stereocenters. The Hall–Kier alpha value is -3.49. The third kappa shape index (κ3) is 8.16. The van der Waals surface area contributed by atoms with Crippen LogP contribution in [0, 0.1) is 5.92 Å². The van der Waals surface area contributed by atoms with Crippen LogP contribution in [-0.2, 0) is 16.1 Å². The van der Waals surface area contributed by atoms with Gasteiger partial charge in [0.05, 0.1) is 24.0 Å². The fourth-order valence-corrected chi connectivity index (χ4v) is 4.80. The van der Waals surface area contributed by atoms with Gasteiger partial charge in [-0.3, -0.25) is 9.59 Å². The van der Waals surface area contributed by atoms with Crippen molar-refractivity contribution in [3.05, 3.63) is 35.2 Å². The van der Waals surface area contributed by atoms with Crippen LogP contribution in [0.5, 0.6) is 0 Å². The molecule has 4 aliphatic rings. The summed E-state index contributed by atoms with van der Waals surface area (Å²) in [6, 6.07) is 4.23. The van der Waals surface area contributed by atoms with Gasteiger partial charge in [-0.15, -0.1) is 0 Å². The quantitative estimate of drug-likeness (QED) is 0.241. The number of halogens is 5. The topological polar surface area (TPSA) is 130 Å². The van der Waals surface area contributed by atoms with Gasteiger partial charge in [-0.1, -0.05) is 30.5 Å². The van der Waals surface area contributed by atoms with E-state index in [1.54, 1.807) is 18.2 Å². The van der Waals surface area contributed by atoms with Crippen LogP contribution in [-0.4, -0.2) is 58.6 Å². The minimum atomic E-state index is -4.64. The van der Waals surface area contributed by atoms with Crippen molar-refractivity contribution in [1.82, 2.24) is 20.9 Å².